The van der Waals surface area contributed by atoms with Crippen LogP contribution in [0.4, 0.5) is 0 Å². The Morgan fingerprint density at radius 1 is 1.55 bits per heavy atom. The molecule has 0 aromatic rings. The van der Waals surface area contributed by atoms with Gasteiger partial charge in [0.05, 0.1) is 18.6 Å². The van der Waals surface area contributed by atoms with E-state index in [4.69, 9.17) is 21.1 Å². The Labute approximate surface area is 64.4 Å². The summed E-state index contributed by atoms with van der Waals surface area (Å²) in [4.78, 5) is 10.0. The third-order valence-corrected chi connectivity index (χ3v) is 1.32. The summed E-state index contributed by atoms with van der Waals surface area (Å²) in [5.74, 6) is -1.16. The van der Waals surface area contributed by atoms with Crippen molar-refractivity contribution < 1.29 is 20.1 Å². The van der Waals surface area contributed by atoms with Gasteiger partial charge in [-0.15, -0.1) is 0 Å². The number of carbonyl (C=O) groups is 1. The van der Waals surface area contributed by atoms with E-state index >= 15 is 0 Å². The number of hydrogen-bond acceptors (Lipinski definition) is 4. The van der Waals surface area contributed by atoms with E-state index in [9.17, 15) is 4.79 Å². The predicted octanol–water partition coefficient (Wildman–Crippen LogP) is -1.47. The Hall–Kier alpha value is -0.650. The maximum absolute atomic E-state index is 10.0. The third-order valence-electron chi connectivity index (χ3n) is 1.32. The Kier molecular flexibility index (Phi) is 4.02. The van der Waals surface area contributed by atoms with E-state index in [-0.39, 0.29) is 0 Å². The van der Waals surface area contributed by atoms with Gasteiger partial charge < -0.3 is 21.1 Å². The molecule has 0 radical (unpaired) electrons. The van der Waals surface area contributed by atoms with Crippen LogP contribution in [0.5, 0.6) is 0 Å². The molecule has 5 heteroatoms. The van der Waals surface area contributed by atoms with Crippen LogP contribution >= 0.6 is 0 Å². The molecule has 0 saturated heterocycles. The largest absolute Gasteiger partial charge is 0.481 e. The summed E-state index contributed by atoms with van der Waals surface area (Å²) < 4.78 is 0. The first-order valence-electron chi connectivity index (χ1n) is 3.28. The van der Waals surface area contributed by atoms with E-state index in [0.29, 0.717) is 0 Å². The van der Waals surface area contributed by atoms with Crippen LogP contribution in [-0.4, -0.2) is 39.5 Å². The van der Waals surface area contributed by atoms with Crippen molar-refractivity contribution in [3.05, 3.63) is 0 Å². The van der Waals surface area contributed by atoms with Crippen molar-refractivity contribution in [1.82, 2.24) is 0 Å². The van der Waals surface area contributed by atoms with Gasteiger partial charge in [-0.25, -0.2) is 0 Å². The van der Waals surface area contributed by atoms with Crippen molar-refractivity contribution in [2.24, 2.45) is 5.73 Å². The van der Waals surface area contributed by atoms with E-state index in [2.05, 4.69) is 0 Å². The average Bonchev–Trinajstić information content (AvgIpc) is 1.84. The summed E-state index contributed by atoms with van der Waals surface area (Å²) in [7, 11) is 0. The van der Waals surface area contributed by atoms with Gasteiger partial charge in [0.15, 0.2) is 0 Å². The molecule has 5 N–H and O–H groups in total. The fraction of sp³-hybridized carbons (Fsp3) is 0.833. The number of aliphatic hydroxyl groups excluding tert-OH is 2. The molecule has 0 bridgehead atoms. The minimum atomic E-state index is -1.28. The second-order valence-electron chi connectivity index (χ2n) is 2.51. The molecule has 0 aliphatic heterocycles. The topological polar surface area (TPSA) is 104 Å². The van der Waals surface area contributed by atoms with Crippen LogP contribution in [0.25, 0.3) is 0 Å². The standard InChI is InChI=1S/C6H13NO4/c1-3(7)6(11)4(8)2-5(9)10/h3-4,6,8,11H,2,7H2,1H3,(H,9,10). The van der Waals surface area contributed by atoms with Gasteiger partial charge in [-0.3, -0.25) is 4.79 Å². The number of nitrogens with two attached hydrogens (primary N) is 1. The number of rotatable bonds is 4. The van der Waals surface area contributed by atoms with E-state index in [0.717, 1.165) is 0 Å². The normalized spacial score (nSPS) is 18.9. The van der Waals surface area contributed by atoms with Crippen molar-refractivity contribution in [3.63, 3.8) is 0 Å². The number of hydrogen-bond donors (Lipinski definition) is 4. The molecule has 5 nitrogen and oxygen atoms in total. The average molecular weight is 163 g/mol. The molecule has 0 heterocycles. The van der Waals surface area contributed by atoms with Gasteiger partial charge in [-0.1, -0.05) is 0 Å². The summed E-state index contributed by atoms with van der Waals surface area (Å²) in [6.45, 7) is 1.50. The van der Waals surface area contributed by atoms with Crippen LogP contribution in [0.3, 0.4) is 0 Å². The monoisotopic (exact) mass is 163 g/mol. The lowest BCUT2D eigenvalue weighted by atomic mass is 10.1. The zero-order valence-electron chi connectivity index (χ0n) is 6.27. The van der Waals surface area contributed by atoms with Crippen LogP contribution in [0.1, 0.15) is 13.3 Å². The highest BCUT2D eigenvalue weighted by molar-refractivity contribution is 5.67. The first kappa shape index (κ1) is 10.3. The molecule has 3 unspecified atom stereocenters. The summed E-state index contributed by atoms with van der Waals surface area (Å²) in [6.07, 6.45) is -2.94. The summed E-state index contributed by atoms with van der Waals surface area (Å²) in [5, 5.41) is 26.2. The second-order valence-corrected chi connectivity index (χ2v) is 2.51. The molecule has 0 spiro atoms. The molecule has 0 saturated carbocycles. The summed E-state index contributed by atoms with van der Waals surface area (Å²) in [6, 6.07) is -0.621. The van der Waals surface area contributed by atoms with Gasteiger partial charge in [0, 0.05) is 6.04 Å². The first-order valence-corrected chi connectivity index (χ1v) is 3.28. The zero-order valence-corrected chi connectivity index (χ0v) is 6.27. The van der Waals surface area contributed by atoms with Gasteiger partial charge in [-0.05, 0) is 6.92 Å². The fourth-order valence-corrected chi connectivity index (χ4v) is 0.650. The van der Waals surface area contributed by atoms with Crippen molar-refractivity contribution in [3.8, 4) is 0 Å². The van der Waals surface area contributed by atoms with E-state index in [1.54, 1.807) is 0 Å². The van der Waals surface area contributed by atoms with Crippen LogP contribution in [0.2, 0.25) is 0 Å². The molecule has 0 amide bonds. The molecule has 0 aliphatic rings. The molecule has 0 fully saturated rings. The van der Waals surface area contributed by atoms with Crippen LogP contribution in [-0.2, 0) is 4.79 Å². The minimum absolute atomic E-state index is 0.483. The second kappa shape index (κ2) is 4.27. The SMILES string of the molecule is CC(N)C(O)C(O)CC(=O)O. The van der Waals surface area contributed by atoms with Gasteiger partial charge in [0.25, 0.3) is 0 Å². The highest BCUT2D eigenvalue weighted by Gasteiger charge is 2.22. The quantitative estimate of drug-likeness (QED) is 0.405. The molecular formula is C6H13NO4. The molecule has 3 atom stereocenters. The highest BCUT2D eigenvalue weighted by atomic mass is 16.4. The molecule has 0 aromatic heterocycles. The molecule has 11 heavy (non-hydrogen) atoms. The number of carboxylic acid groups (broad SMARTS) is 1. The summed E-state index contributed by atoms with van der Waals surface area (Å²) >= 11 is 0. The summed E-state index contributed by atoms with van der Waals surface area (Å²) in [5.41, 5.74) is 5.21. The van der Waals surface area contributed by atoms with Gasteiger partial charge in [0.1, 0.15) is 0 Å². The Balaban J connectivity index is 3.82. The molecular weight excluding hydrogens is 150 g/mol. The maximum atomic E-state index is 10.0. The van der Waals surface area contributed by atoms with Gasteiger partial charge >= 0.3 is 5.97 Å². The smallest absolute Gasteiger partial charge is 0.306 e. The Bertz CT molecular complexity index is 137. The van der Waals surface area contributed by atoms with Crippen LogP contribution in [0.15, 0.2) is 0 Å². The Morgan fingerprint density at radius 3 is 2.27 bits per heavy atom. The van der Waals surface area contributed by atoms with Gasteiger partial charge in [0.2, 0.25) is 0 Å². The highest BCUT2D eigenvalue weighted by Crippen LogP contribution is 2.01. The number of aliphatic hydroxyl groups is 2. The first-order chi connectivity index (χ1) is 4.95. The van der Waals surface area contributed by atoms with Gasteiger partial charge in [-0.2, -0.15) is 0 Å². The molecule has 66 valence electrons. The predicted molar refractivity (Wildman–Crippen MR) is 37.9 cm³/mol. The van der Waals surface area contributed by atoms with E-state index in [1.807, 2.05) is 0 Å². The van der Waals surface area contributed by atoms with Crippen molar-refractivity contribution in [2.45, 2.75) is 31.6 Å². The van der Waals surface area contributed by atoms with Crippen molar-refractivity contribution in [2.75, 3.05) is 0 Å². The third kappa shape index (κ3) is 3.92. The van der Waals surface area contributed by atoms with Crippen LogP contribution in [0, 0.1) is 0 Å². The molecule has 0 aliphatic carbocycles. The molecule has 0 rings (SSSR count). The minimum Gasteiger partial charge on any atom is -0.481 e. The van der Waals surface area contributed by atoms with E-state index < -0.39 is 30.6 Å². The number of aliphatic carboxylic acids is 1. The maximum Gasteiger partial charge on any atom is 0.306 e. The lowest BCUT2D eigenvalue weighted by Gasteiger charge is -2.18. The number of carboxylic acids is 1. The van der Waals surface area contributed by atoms with Crippen molar-refractivity contribution >= 4 is 5.97 Å². The molecule has 0 aromatic carbocycles. The Morgan fingerprint density at radius 2 is 2.00 bits per heavy atom. The fourth-order valence-electron chi connectivity index (χ4n) is 0.650. The lowest BCUT2D eigenvalue weighted by molar-refractivity contribution is -0.141. The van der Waals surface area contributed by atoms with E-state index in [1.165, 1.54) is 6.92 Å². The van der Waals surface area contributed by atoms with Crippen molar-refractivity contribution in [1.29, 1.82) is 0 Å². The lowest BCUT2D eigenvalue weighted by Crippen LogP contribution is -2.41. The zero-order chi connectivity index (χ0) is 9.02. The van der Waals surface area contributed by atoms with Crippen LogP contribution < -0.4 is 5.73 Å².